The molecule has 1 N–H and O–H groups in total. The number of allylic oxidation sites excluding steroid dienone is 2. The van der Waals surface area contributed by atoms with Gasteiger partial charge in [0.05, 0.1) is 28.8 Å². The van der Waals surface area contributed by atoms with Crippen LogP contribution >= 0.6 is 23.2 Å². The molecule has 5 heteroatoms. The zero-order valence-corrected chi connectivity index (χ0v) is 15.1. The van der Waals surface area contributed by atoms with Crippen LogP contribution in [0, 0.1) is 5.92 Å². The minimum atomic E-state index is -0.318. The van der Waals surface area contributed by atoms with E-state index in [1.165, 1.54) is 7.11 Å². The largest absolute Gasteiger partial charge is 0.465 e. The molecule has 1 heterocycles. The van der Waals surface area contributed by atoms with Gasteiger partial charge in [0.1, 0.15) is 0 Å². The third-order valence-electron chi connectivity index (χ3n) is 5.10. The third-order valence-corrected chi connectivity index (χ3v) is 5.93. The normalized spacial score (nSPS) is 23.6. The second-order valence-corrected chi connectivity index (χ2v) is 7.20. The number of hydrogen-bond donors (Lipinski definition) is 1. The average Bonchev–Trinajstić information content (AvgIpc) is 3.12. The summed E-state index contributed by atoms with van der Waals surface area (Å²) in [5.74, 6) is 0.249. The Morgan fingerprint density at radius 3 is 2.84 bits per heavy atom. The van der Waals surface area contributed by atoms with Crippen molar-refractivity contribution in [2.75, 3.05) is 12.4 Å². The highest BCUT2D eigenvalue weighted by Gasteiger charge is 2.39. The molecular formula is C20H17Cl2NO2. The van der Waals surface area contributed by atoms with E-state index in [0.717, 1.165) is 23.2 Å². The molecular weight excluding hydrogens is 357 g/mol. The van der Waals surface area contributed by atoms with Crippen molar-refractivity contribution >= 4 is 34.9 Å². The van der Waals surface area contributed by atoms with Crippen LogP contribution in [-0.4, -0.2) is 13.1 Å². The van der Waals surface area contributed by atoms with Crippen LogP contribution in [0.15, 0.2) is 48.6 Å². The number of halogens is 2. The van der Waals surface area contributed by atoms with E-state index < -0.39 is 0 Å². The highest BCUT2D eigenvalue weighted by Crippen LogP contribution is 2.51. The summed E-state index contributed by atoms with van der Waals surface area (Å²) >= 11 is 12.7. The Kier molecular flexibility index (Phi) is 4.22. The SMILES string of the molecule is COC(=O)c1ccc2c(c1)[C@@H]1C=CC[C@@H]1[C@@H](c1cccc(Cl)c1Cl)N2. The Morgan fingerprint density at radius 2 is 2.04 bits per heavy atom. The number of nitrogens with one attached hydrogen (secondary N) is 1. The van der Waals surface area contributed by atoms with E-state index in [0.29, 0.717) is 21.5 Å². The van der Waals surface area contributed by atoms with Gasteiger partial charge in [-0.3, -0.25) is 0 Å². The number of methoxy groups -OCH3 is 1. The third kappa shape index (κ3) is 2.72. The van der Waals surface area contributed by atoms with Crippen LogP contribution in [-0.2, 0) is 4.74 Å². The first-order chi connectivity index (χ1) is 12.1. The Hall–Kier alpha value is -1.97. The van der Waals surface area contributed by atoms with Crippen molar-refractivity contribution in [3.8, 4) is 0 Å². The highest BCUT2D eigenvalue weighted by atomic mass is 35.5. The van der Waals surface area contributed by atoms with Gasteiger partial charge >= 0.3 is 5.97 Å². The van der Waals surface area contributed by atoms with Crippen LogP contribution in [0.4, 0.5) is 5.69 Å². The number of hydrogen-bond acceptors (Lipinski definition) is 3. The topological polar surface area (TPSA) is 38.3 Å². The fraction of sp³-hybridized carbons (Fsp3) is 0.250. The van der Waals surface area contributed by atoms with Crippen LogP contribution in [0.1, 0.15) is 39.9 Å². The van der Waals surface area contributed by atoms with E-state index in [2.05, 4.69) is 17.5 Å². The molecule has 25 heavy (non-hydrogen) atoms. The predicted molar refractivity (Wildman–Crippen MR) is 101 cm³/mol. The molecule has 0 amide bonds. The van der Waals surface area contributed by atoms with Gasteiger partial charge in [-0.25, -0.2) is 4.79 Å². The Labute approximate surface area is 156 Å². The van der Waals surface area contributed by atoms with Crippen LogP contribution in [0.25, 0.3) is 0 Å². The molecule has 1 aliphatic carbocycles. The maximum Gasteiger partial charge on any atom is 0.337 e. The molecule has 0 spiro atoms. The first-order valence-corrected chi connectivity index (χ1v) is 8.95. The molecule has 2 aromatic rings. The standard InChI is InChI=1S/C20H17Cl2NO2/c1-25-20(24)11-8-9-17-15(10-11)12-4-2-5-13(12)19(23-17)14-6-3-7-16(21)18(14)22/h2-4,6-10,12-13,19,23H,5H2,1H3/t12-,13+,19+/m1/s1. The van der Waals surface area contributed by atoms with Crippen molar-refractivity contribution in [3.05, 3.63) is 75.3 Å². The van der Waals surface area contributed by atoms with Gasteiger partial charge in [0, 0.05) is 11.6 Å². The van der Waals surface area contributed by atoms with Gasteiger partial charge in [0.2, 0.25) is 0 Å². The van der Waals surface area contributed by atoms with Crippen LogP contribution in [0.2, 0.25) is 10.0 Å². The van der Waals surface area contributed by atoms with E-state index in [1.807, 2.05) is 24.3 Å². The van der Waals surface area contributed by atoms with Gasteiger partial charge in [-0.1, -0.05) is 47.5 Å². The van der Waals surface area contributed by atoms with E-state index in [4.69, 9.17) is 27.9 Å². The Morgan fingerprint density at radius 1 is 1.20 bits per heavy atom. The van der Waals surface area contributed by atoms with Gasteiger partial charge in [0.15, 0.2) is 0 Å². The van der Waals surface area contributed by atoms with Gasteiger partial charge in [0.25, 0.3) is 0 Å². The zero-order chi connectivity index (χ0) is 17.6. The van der Waals surface area contributed by atoms with Gasteiger partial charge < -0.3 is 10.1 Å². The quantitative estimate of drug-likeness (QED) is 0.549. The predicted octanol–water partition coefficient (Wildman–Crippen LogP) is 5.61. The van der Waals surface area contributed by atoms with Crippen molar-refractivity contribution in [3.63, 3.8) is 0 Å². The second kappa shape index (κ2) is 6.40. The molecule has 0 saturated carbocycles. The lowest BCUT2D eigenvalue weighted by atomic mass is 9.76. The molecule has 2 aromatic carbocycles. The van der Waals surface area contributed by atoms with Crippen molar-refractivity contribution in [2.45, 2.75) is 18.4 Å². The summed E-state index contributed by atoms with van der Waals surface area (Å²) in [6, 6.07) is 11.5. The fourth-order valence-electron chi connectivity index (χ4n) is 3.91. The lowest BCUT2D eigenvalue weighted by Crippen LogP contribution is -2.29. The number of ether oxygens (including phenoxy) is 1. The summed E-state index contributed by atoms with van der Waals surface area (Å²) in [7, 11) is 1.40. The molecule has 0 unspecified atom stereocenters. The van der Waals surface area contributed by atoms with Crippen molar-refractivity contribution < 1.29 is 9.53 Å². The summed E-state index contributed by atoms with van der Waals surface area (Å²) in [5.41, 5.74) is 3.72. The number of anilines is 1. The monoisotopic (exact) mass is 373 g/mol. The number of rotatable bonds is 2. The zero-order valence-electron chi connectivity index (χ0n) is 13.6. The molecule has 0 bridgehead atoms. The number of esters is 1. The molecule has 4 rings (SSSR count). The maximum absolute atomic E-state index is 11.9. The molecule has 0 radical (unpaired) electrons. The molecule has 2 aliphatic rings. The number of carbonyl (C=O) groups is 1. The van der Waals surface area contributed by atoms with E-state index in [-0.39, 0.29) is 17.9 Å². The highest BCUT2D eigenvalue weighted by molar-refractivity contribution is 6.42. The molecule has 3 nitrogen and oxygen atoms in total. The molecule has 1 aliphatic heterocycles. The molecule has 3 atom stereocenters. The average molecular weight is 374 g/mol. The smallest absolute Gasteiger partial charge is 0.337 e. The fourth-order valence-corrected chi connectivity index (χ4v) is 4.33. The van der Waals surface area contributed by atoms with Crippen molar-refractivity contribution in [1.82, 2.24) is 0 Å². The molecule has 0 saturated heterocycles. The first kappa shape index (κ1) is 16.5. The summed E-state index contributed by atoms with van der Waals surface area (Å²) in [4.78, 5) is 11.9. The summed E-state index contributed by atoms with van der Waals surface area (Å²) < 4.78 is 4.85. The first-order valence-electron chi connectivity index (χ1n) is 8.19. The summed E-state index contributed by atoms with van der Waals surface area (Å²) in [5, 5.41) is 4.77. The van der Waals surface area contributed by atoms with Crippen LogP contribution in [0.3, 0.4) is 0 Å². The summed E-state index contributed by atoms with van der Waals surface area (Å²) in [6.07, 6.45) is 5.37. The maximum atomic E-state index is 11.9. The van der Waals surface area contributed by atoms with Crippen molar-refractivity contribution in [1.29, 1.82) is 0 Å². The molecule has 128 valence electrons. The Balaban J connectivity index is 1.79. The molecule has 0 aromatic heterocycles. The van der Waals surface area contributed by atoms with Crippen molar-refractivity contribution in [2.24, 2.45) is 5.92 Å². The minimum Gasteiger partial charge on any atom is -0.465 e. The van der Waals surface area contributed by atoms with Gasteiger partial charge in [-0.05, 0) is 47.7 Å². The Bertz CT molecular complexity index is 878. The lowest BCUT2D eigenvalue weighted by Gasteiger charge is -2.38. The second-order valence-electron chi connectivity index (χ2n) is 6.41. The lowest BCUT2D eigenvalue weighted by molar-refractivity contribution is 0.0600. The van der Waals surface area contributed by atoms with Crippen LogP contribution < -0.4 is 5.32 Å². The number of fused-ring (bicyclic) bond motifs is 3. The van der Waals surface area contributed by atoms with E-state index >= 15 is 0 Å². The summed E-state index contributed by atoms with van der Waals surface area (Å²) in [6.45, 7) is 0. The van der Waals surface area contributed by atoms with E-state index in [1.54, 1.807) is 12.1 Å². The number of benzene rings is 2. The minimum absolute atomic E-state index is 0.0719. The van der Waals surface area contributed by atoms with Gasteiger partial charge in [-0.15, -0.1) is 0 Å². The molecule has 0 fully saturated rings. The van der Waals surface area contributed by atoms with Crippen LogP contribution in [0.5, 0.6) is 0 Å². The number of carbonyl (C=O) groups excluding carboxylic acids is 1. The van der Waals surface area contributed by atoms with Gasteiger partial charge in [-0.2, -0.15) is 0 Å². The van der Waals surface area contributed by atoms with E-state index in [9.17, 15) is 4.79 Å².